The molecule has 0 aromatic carbocycles. The smallest absolute Gasteiger partial charge is 0.149 e. The number of hydrogen-bond donors (Lipinski definition) is 2. The molecule has 4 nitrogen and oxygen atoms in total. The van der Waals surface area contributed by atoms with Crippen molar-refractivity contribution in [2.75, 3.05) is 11.9 Å². The predicted octanol–water partition coefficient (Wildman–Crippen LogP) is 1.67. The second-order valence-electron chi connectivity index (χ2n) is 3.90. The second-order valence-corrected chi connectivity index (χ2v) is 4.29. The van der Waals surface area contributed by atoms with Crippen molar-refractivity contribution in [1.29, 1.82) is 0 Å². The van der Waals surface area contributed by atoms with Crippen molar-refractivity contribution < 1.29 is 0 Å². The molecule has 1 aliphatic carbocycles. The van der Waals surface area contributed by atoms with E-state index in [4.69, 9.17) is 17.3 Å². The normalized spacial score (nSPS) is 25.5. The predicted molar refractivity (Wildman–Crippen MR) is 60.8 cm³/mol. The fourth-order valence-electron chi connectivity index (χ4n) is 2.11. The average Bonchev–Trinajstić information content (AvgIpc) is 2.65. The van der Waals surface area contributed by atoms with Crippen molar-refractivity contribution in [3.05, 3.63) is 17.5 Å². The topological polar surface area (TPSA) is 63.8 Å². The first-order chi connectivity index (χ1) is 7.29. The first-order valence-electron chi connectivity index (χ1n) is 5.23. The van der Waals surface area contributed by atoms with Gasteiger partial charge in [-0.1, -0.05) is 18.0 Å². The Bertz CT molecular complexity index is 331. The van der Waals surface area contributed by atoms with Crippen LogP contribution in [0.15, 0.2) is 12.4 Å². The number of nitrogens with two attached hydrogens (primary N) is 1. The Morgan fingerprint density at radius 1 is 1.47 bits per heavy atom. The van der Waals surface area contributed by atoms with Crippen molar-refractivity contribution in [2.45, 2.75) is 25.3 Å². The quantitative estimate of drug-likeness (QED) is 0.823. The molecule has 2 atom stereocenters. The van der Waals surface area contributed by atoms with E-state index in [-0.39, 0.29) is 0 Å². The first-order valence-corrected chi connectivity index (χ1v) is 5.61. The van der Waals surface area contributed by atoms with Crippen molar-refractivity contribution >= 4 is 17.4 Å². The molecule has 0 radical (unpaired) electrons. The van der Waals surface area contributed by atoms with Gasteiger partial charge >= 0.3 is 0 Å². The largest absolute Gasteiger partial charge is 0.366 e. The molecule has 1 fully saturated rings. The molecular weight excluding hydrogens is 212 g/mol. The lowest BCUT2D eigenvalue weighted by Gasteiger charge is -2.19. The number of nitrogens with zero attached hydrogens (tertiary/aromatic N) is 2. The minimum atomic E-state index is 0.419. The molecular formula is C10H15ClN4. The van der Waals surface area contributed by atoms with Crippen molar-refractivity contribution in [3.8, 4) is 0 Å². The Kier molecular flexibility index (Phi) is 3.38. The molecule has 15 heavy (non-hydrogen) atoms. The lowest BCUT2D eigenvalue weighted by atomic mass is 10.0. The molecule has 1 aromatic heterocycles. The number of nitrogens with one attached hydrogen (secondary N) is 1. The van der Waals surface area contributed by atoms with E-state index in [0.717, 1.165) is 18.8 Å². The molecule has 5 heteroatoms. The van der Waals surface area contributed by atoms with Gasteiger partial charge in [0, 0.05) is 6.04 Å². The third kappa shape index (κ3) is 2.58. The van der Waals surface area contributed by atoms with Gasteiger partial charge < -0.3 is 11.1 Å². The Labute approximate surface area is 94.2 Å². The fourth-order valence-corrected chi connectivity index (χ4v) is 2.26. The van der Waals surface area contributed by atoms with Crippen LogP contribution in [-0.2, 0) is 0 Å². The van der Waals surface area contributed by atoms with Crippen LogP contribution in [0.4, 0.5) is 5.82 Å². The summed E-state index contributed by atoms with van der Waals surface area (Å²) in [6.45, 7) is 0.728. The molecule has 1 aliphatic rings. The number of anilines is 1. The lowest BCUT2D eigenvalue weighted by molar-refractivity contribution is 0.515. The van der Waals surface area contributed by atoms with E-state index >= 15 is 0 Å². The standard InChI is InChI=1S/C10H15ClN4/c11-9-5-13-6-10(15-9)14-8-3-1-2-7(8)4-12/h5-8H,1-4,12H2,(H,14,15). The van der Waals surface area contributed by atoms with Gasteiger partial charge in [-0.15, -0.1) is 0 Å². The first kappa shape index (κ1) is 10.6. The summed E-state index contributed by atoms with van der Waals surface area (Å²) in [4.78, 5) is 8.15. The molecule has 0 saturated heterocycles. The van der Waals surface area contributed by atoms with Crippen molar-refractivity contribution in [2.24, 2.45) is 11.7 Å². The van der Waals surface area contributed by atoms with Gasteiger partial charge in [0.1, 0.15) is 11.0 Å². The zero-order valence-electron chi connectivity index (χ0n) is 8.49. The molecule has 0 aliphatic heterocycles. The highest BCUT2D eigenvalue weighted by atomic mass is 35.5. The van der Waals surface area contributed by atoms with Crippen LogP contribution in [0.25, 0.3) is 0 Å². The van der Waals surface area contributed by atoms with Gasteiger partial charge in [0.2, 0.25) is 0 Å². The summed E-state index contributed by atoms with van der Waals surface area (Å²) < 4.78 is 0. The van der Waals surface area contributed by atoms with Crippen LogP contribution in [0.3, 0.4) is 0 Å². The van der Waals surface area contributed by atoms with E-state index in [2.05, 4.69) is 15.3 Å². The van der Waals surface area contributed by atoms with Crippen LogP contribution in [0, 0.1) is 5.92 Å². The Morgan fingerprint density at radius 3 is 3.07 bits per heavy atom. The molecule has 3 N–H and O–H groups in total. The van der Waals surface area contributed by atoms with Gasteiger partial charge in [0.25, 0.3) is 0 Å². The Balaban J connectivity index is 2.02. The molecule has 1 heterocycles. The minimum Gasteiger partial charge on any atom is -0.366 e. The van der Waals surface area contributed by atoms with E-state index in [0.29, 0.717) is 17.1 Å². The molecule has 1 saturated carbocycles. The molecule has 82 valence electrons. The summed E-state index contributed by atoms with van der Waals surface area (Å²) in [6.07, 6.45) is 6.80. The van der Waals surface area contributed by atoms with Crippen LogP contribution < -0.4 is 11.1 Å². The Morgan fingerprint density at radius 2 is 2.33 bits per heavy atom. The summed E-state index contributed by atoms with van der Waals surface area (Å²) in [6, 6.07) is 0.419. The fraction of sp³-hybridized carbons (Fsp3) is 0.600. The van der Waals surface area contributed by atoms with Crippen molar-refractivity contribution in [1.82, 2.24) is 9.97 Å². The molecule has 1 aromatic rings. The van der Waals surface area contributed by atoms with E-state index in [1.807, 2.05) is 0 Å². The molecule has 2 rings (SSSR count). The van der Waals surface area contributed by atoms with Crippen LogP contribution in [0.2, 0.25) is 5.15 Å². The zero-order valence-corrected chi connectivity index (χ0v) is 9.24. The lowest BCUT2D eigenvalue weighted by Crippen LogP contribution is -2.29. The van der Waals surface area contributed by atoms with Crippen molar-refractivity contribution in [3.63, 3.8) is 0 Å². The zero-order chi connectivity index (χ0) is 10.7. The third-order valence-electron chi connectivity index (χ3n) is 2.90. The third-order valence-corrected chi connectivity index (χ3v) is 3.08. The van der Waals surface area contributed by atoms with Gasteiger partial charge in [0.05, 0.1) is 12.4 Å². The Hall–Kier alpha value is -0.870. The van der Waals surface area contributed by atoms with E-state index in [1.165, 1.54) is 19.0 Å². The summed E-state index contributed by atoms with van der Waals surface area (Å²) in [5, 5.41) is 3.76. The summed E-state index contributed by atoms with van der Waals surface area (Å²) in [5.41, 5.74) is 5.71. The monoisotopic (exact) mass is 226 g/mol. The molecule has 0 amide bonds. The maximum Gasteiger partial charge on any atom is 0.149 e. The summed E-state index contributed by atoms with van der Waals surface area (Å²) >= 11 is 5.76. The average molecular weight is 227 g/mol. The van der Waals surface area contributed by atoms with E-state index < -0.39 is 0 Å². The number of halogens is 1. The van der Waals surface area contributed by atoms with Crippen LogP contribution in [-0.4, -0.2) is 22.6 Å². The highest BCUT2D eigenvalue weighted by Gasteiger charge is 2.26. The van der Waals surface area contributed by atoms with Gasteiger partial charge in [-0.2, -0.15) is 0 Å². The summed E-state index contributed by atoms with van der Waals surface area (Å²) in [7, 11) is 0. The van der Waals surface area contributed by atoms with E-state index in [9.17, 15) is 0 Å². The van der Waals surface area contributed by atoms with Gasteiger partial charge in [-0.3, -0.25) is 4.98 Å². The maximum atomic E-state index is 5.76. The van der Waals surface area contributed by atoms with Crippen LogP contribution in [0.1, 0.15) is 19.3 Å². The number of aromatic nitrogens is 2. The number of hydrogen-bond acceptors (Lipinski definition) is 4. The molecule has 2 unspecified atom stereocenters. The SMILES string of the molecule is NCC1CCCC1Nc1cncc(Cl)n1. The minimum absolute atomic E-state index is 0.419. The summed E-state index contributed by atoms with van der Waals surface area (Å²) in [5.74, 6) is 1.29. The van der Waals surface area contributed by atoms with Crippen LogP contribution >= 0.6 is 11.6 Å². The van der Waals surface area contributed by atoms with E-state index in [1.54, 1.807) is 6.20 Å². The second kappa shape index (κ2) is 4.77. The van der Waals surface area contributed by atoms with Gasteiger partial charge in [0.15, 0.2) is 0 Å². The maximum absolute atomic E-state index is 5.76. The molecule has 0 spiro atoms. The molecule has 0 bridgehead atoms. The highest BCUT2D eigenvalue weighted by molar-refractivity contribution is 6.29. The van der Waals surface area contributed by atoms with Gasteiger partial charge in [-0.05, 0) is 25.3 Å². The number of rotatable bonds is 3. The van der Waals surface area contributed by atoms with Gasteiger partial charge in [-0.25, -0.2) is 4.98 Å². The highest BCUT2D eigenvalue weighted by Crippen LogP contribution is 2.27. The van der Waals surface area contributed by atoms with Crippen LogP contribution in [0.5, 0.6) is 0 Å².